The van der Waals surface area contributed by atoms with Crippen LogP contribution in [0.1, 0.15) is 56.6 Å². The number of hydrogen-bond acceptors (Lipinski definition) is 8. The molecule has 3 N–H and O–H groups in total. The van der Waals surface area contributed by atoms with Crippen LogP contribution in [0.25, 0.3) is 27.7 Å². The van der Waals surface area contributed by atoms with Gasteiger partial charge in [-0.2, -0.15) is 19.6 Å². The van der Waals surface area contributed by atoms with E-state index in [-0.39, 0.29) is 11.8 Å². The minimum absolute atomic E-state index is 0.247. The number of nitrogens with zero attached hydrogens (tertiary/aromatic N) is 5. The first-order valence-electron chi connectivity index (χ1n) is 15.1. The molecule has 0 aliphatic heterocycles. The number of carbonyl (C=O) groups excluding carboxylic acids is 1. The Morgan fingerprint density at radius 1 is 1.11 bits per heavy atom. The highest BCUT2D eigenvalue weighted by Gasteiger charge is 2.23. The Bertz CT molecular complexity index is 1810. The van der Waals surface area contributed by atoms with Crippen LogP contribution in [0, 0.1) is 0 Å². The zero-order chi connectivity index (χ0) is 30.6. The van der Waals surface area contributed by atoms with Gasteiger partial charge in [-0.3, -0.25) is 9.78 Å². The van der Waals surface area contributed by atoms with Gasteiger partial charge in [-0.15, -0.1) is 0 Å². The SMILES string of the molecule is C=CC(=O)Nc1ccc2c(-c3ccccc3CNc3nc(N[C@H]4CC[C@H](OC)CC4)nc4c(C(C)C)cnn34)nccc2c1. The molecule has 1 aliphatic carbocycles. The molecule has 44 heavy (non-hydrogen) atoms. The monoisotopic (exact) mass is 590 g/mol. The molecule has 6 rings (SSSR count). The molecule has 1 amide bonds. The van der Waals surface area contributed by atoms with E-state index in [4.69, 9.17) is 19.7 Å². The largest absolute Gasteiger partial charge is 0.381 e. The Morgan fingerprint density at radius 3 is 2.70 bits per heavy atom. The third-order valence-corrected chi connectivity index (χ3v) is 8.28. The molecule has 3 heterocycles. The summed E-state index contributed by atoms with van der Waals surface area (Å²) in [5.74, 6) is 1.25. The number of benzene rings is 2. The van der Waals surface area contributed by atoms with Gasteiger partial charge >= 0.3 is 0 Å². The summed E-state index contributed by atoms with van der Waals surface area (Å²) >= 11 is 0. The van der Waals surface area contributed by atoms with Crippen molar-refractivity contribution in [2.24, 2.45) is 0 Å². The van der Waals surface area contributed by atoms with Gasteiger partial charge in [0.15, 0.2) is 5.65 Å². The smallest absolute Gasteiger partial charge is 0.247 e. The maximum Gasteiger partial charge on any atom is 0.247 e. The Labute approximate surface area is 257 Å². The highest BCUT2D eigenvalue weighted by Crippen LogP contribution is 2.32. The van der Waals surface area contributed by atoms with Gasteiger partial charge in [-0.25, -0.2) is 0 Å². The molecule has 1 aliphatic rings. The highest BCUT2D eigenvalue weighted by atomic mass is 16.5. The van der Waals surface area contributed by atoms with Crippen molar-refractivity contribution in [3.63, 3.8) is 0 Å². The number of ether oxygens (including phenoxy) is 1. The van der Waals surface area contributed by atoms with Gasteiger partial charge in [0.2, 0.25) is 17.8 Å². The molecule has 0 atom stereocenters. The molecular weight excluding hydrogens is 552 g/mol. The predicted octanol–water partition coefficient (Wildman–Crippen LogP) is 6.57. The van der Waals surface area contributed by atoms with Crippen LogP contribution in [0.3, 0.4) is 0 Å². The molecule has 10 nitrogen and oxygen atoms in total. The summed E-state index contributed by atoms with van der Waals surface area (Å²) < 4.78 is 7.35. The third kappa shape index (κ3) is 6.12. The lowest BCUT2D eigenvalue weighted by Gasteiger charge is -2.28. The van der Waals surface area contributed by atoms with Gasteiger partial charge < -0.3 is 20.7 Å². The lowest BCUT2D eigenvalue weighted by molar-refractivity contribution is -0.111. The quantitative estimate of drug-likeness (QED) is 0.156. The highest BCUT2D eigenvalue weighted by molar-refractivity contribution is 6.02. The van der Waals surface area contributed by atoms with Crippen molar-refractivity contribution in [2.75, 3.05) is 23.1 Å². The molecule has 3 aromatic heterocycles. The summed E-state index contributed by atoms with van der Waals surface area (Å²) in [6.45, 7) is 8.33. The van der Waals surface area contributed by atoms with Crippen molar-refractivity contribution in [1.29, 1.82) is 0 Å². The van der Waals surface area contributed by atoms with Crippen molar-refractivity contribution in [3.8, 4) is 11.3 Å². The molecule has 1 fully saturated rings. The first kappa shape index (κ1) is 29.3. The Hall–Kier alpha value is -4.83. The van der Waals surface area contributed by atoms with E-state index < -0.39 is 0 Å². The molecule has 0 saturated heterocycles. The van der Waals surface area contributed by atoms with Gasteiger partial charge in [0, 0.05) is 48.1 Å². The standard InChI is InChI=1S/C34H38N8O2/c1-5-30(43)38-25-12-15-28-22(18-25)16-17-35-31(28)27-9-7-6-8-23(27)19-36-34-41-33(39-24-10-13-26(44-4)14-11-24)40-32-29(21(2)3)20-37-42(32)34/h5-9,12,15-18,20-21,24,26H,1,10-11,13-14,19H2,2-4H3,(H,38,43)(H2,36,39,40,41)/t24-,26-. The van der Waals surface area contributed by atoms with Gasteiger partial charge in [-0.1, -0.05) is 50.8 Å². The van der Waals surface area contributed by atoms with Gasteiger partial charge in [0.25, 0.3) is 0 Å². The minimum Gasteiger partial charge on any atom is -0.381 e. The average molecular weight is 591 g/mol. The number of anilines is 3. The van der Waals surface area contributed by atoms with Crippen LogP contribution in [0.4, 0.5) is 17.6 Å². The number of hydrogen-bond donors (Lipinski definition) is 3. The van der Waals surface area contributed by atoms with Crippen molar-refractivity contribution in [2.45, 2.75) is 64.1 Å². The molecule has 0 unspecified atom stereocenters. The second kappa shape index (κ2) is 12.8. The molecule has 1 saturated carbocycles. The maximum absolute atomic E-state index is 11.8. The number of nitrogens with one attached hydrogen (secondary N) is 3. The Morgan fingerprint density at radius 2 is 1.93 bits per heavy atom. The van der Waals surface area contributed by atoms with Crippen LogP contribution in [0.5, 0.6) is 0 Å². The number of pyridine rings is 1. The molecule has 2 aromatic carbocycles. The van der Waals surface area contributed by atoms with Crippen LogP contribution in [-0.2, 0) is 16.1 Å². The number of rotatable bonds is 10. The van der Waals surface area contributed by atoms with Crippen molar-refractivity contribution in [1.82, 2.24) is 24.6 Å². The van der Waals surface area contributed by atoms with Crippen LogP contribution in [-0.4, -0.2) is 49.7 Å². The van der Waals surface area contributed by atoms with Gasteiger partial charge in [0.1, 0.15) is 0 Å². The lowest BCUT2D eigenvalue weighted by atomic mass is 9.93. The maximum atomic E-state index is 11.8. The molecular formula is C34H38N8O2. The fourth-order valence-corrected chi connectivity index (χ4v) is 5.85. The van der Waals surface area contributed by atoms with Crippen molar-refractivity contribution in [3.05, 3.63) is 84.7 Å². The summed E-state index contributed by atoms with van der Waals surface area (Å²) in [5.41, 5.74) is 5.52. The van der Waals surface area contributed by atoms with E-state index in [1.807, 2.05) is 42.6 Å². The summed E-state index contributed by atoms with van der Waals surface area (Å²) in [4.78, 5) is 26.4. The molecule has 10 heteroatoms. The lowest BCUT2D eigenvalue weighted by Crippen LogP contribution is -2.30. The zero-order valence-electron chi connectivity index (χ0n) is 25.4. The number of aromatic nitrogens is 5. The Balaban J connectivity index is 1.30. The topological polar surface area (TPSA) is 118 Å². The van der Waals surface area contributed by atoms with E-state index in [2.05, 4.69) is 53.6 Å². The van der Waals surface area contributed by atoms with Crippen molar-refractivity contribution >= 4 is 39.9 Å². The third-order valence-electron chi connectivity index (χ3n) is 8.28. The van der Waals surface area contributed by atoms with Crippen LogP contribution in [0.15, 0.2) is 73.6 Å². The van der Waals surface area contributed by atoms with E-state index in [9.17, 15) is 4.79 Å². The van der Waals surface area contributed by atoms with E-state index in [1.54, 1.807) is 17.8 Å². The summed E-state index contributed by atoms with van der Waals surface area (Å²) in [6, 6.07) is 16.3. The molecule has 5 aromatic rings. The zero-order valence-corrected chi connectivity index (χ0v) is 25.4. The minimum atomic E-state index is -0.247. The summed E-state index contributed by atoms with van der Waals surface area (Å²) in [6.07, 6.45) is 9.34. The second-order valence-corrected chi connectivity index (χ2v) is 11.5. The van der Waals surface area contributed by atoms with E-state index in [0.717, 1.165) is 64.5 Å². The summed E-state index contributed by atoms with van der Waals surface area (Å²) in [7, 11) is 1.79. The molecule has 0 radical (unpaired) electrons. The van der Waals surface area contributed by atoms with Gasteiger partial charge in [-0.05, 0) is 66.8 Å². The van der Waals surface area contributed by atoms with Crippen LogP contribution < -0.4 is 16.0 Å². The number of fused-ring (bicyclic) bond motifs is 2. The van der Waals surface area contributed by atoms with E-state index in [0.29, 0.717) is 36.3 Å². The second-order valence-electron chi connectivity index (χ2n) is 11.5. The number of amides is 1. The van der Waals surface area contributed by atoms with Gasteiger partial charge in [0.05, 0.1) is 18.0 Å². The fourth-order valence-electron chi connectivity index (χ4n) is 5.85. The fraction of sp³-hybridized carbons (Fsp3) is 0.324. The Kier molecular flexibility index (Phi) is 8.51. The van der Waals surface area contributed by atoms with Crippen molar-refractivity contribution < 1.29 is 9.53 Å². The van der Waals surface area contributed by atoms with E-state index >= 15 is 0 Å². The van der Waals surface area contributed by atoms with Crippen LogP contribution in [0.2, 0.25) is 0 Å². The number of methoxy groups -OCH3 is 1. The van der Waals surface area contributed by atoms with Crippen LogP contribution >= 0.6 is 0 Å². The first-order valence-corrected chi connectivity index (χ1v) is 15.1. The molecule has 0 bridgehead atoms. The molecule has 0 spiro atoms. The molecule has 226 valence electrons. The van der Waals surface area contributed by atoms with E-state index in [1.165, 1.54) is 6.08 Å². The summed E-state index contributed by atoms with van der Waals surface area (Å²) in [5, 5.41) is 16.6. The average Bonchev–Trinajstić information content (AvgIpc) is 3.48. The first-order chi connectivity index (χ1) is 21.4. The normalized spacial score (nSPS) is 16.7. The number of carbonyl (C=O) groups is 1. The predicted molar refractivity (Wildman–Crippen MR) is 175 cm³/mol.